The molecule has 19 heavy (non-hydrogen) atoms. The lowest BCUT2D eigenvalue weighted by molar-refractivity contribution is -0.137. The van der Waals surface area contributed by atoms with Gasteiger partial charge >= 0.3 is 5.97 Å². The van der Waals surface area contributed by atoms with Gasteiger partial charge in [-0.2, -0.15) is 0 Å². The van der Waals surface area contributed by atoms with Crippen molar-refractivity contribution in [2.75, 3.05) is 19.7 Å². The summed E-state index contributed by atoms with van der Waals surface area (Å²) in [7, 11) is 0. The Bertz CT molecular complexity index is 299. The lowest BCUT2D eigenvalue weighted by Gasteiger charge is -2.28. The van der Waals surface area contributed by atoms with Gasteiger partial charge in [0, 0.05) is 18.3 Å². The van der Waals surface area contributed by atoms with E-state index >= 15 is 0 Å². The Balaban J connectivity index is 4.08. The number of carbonyl (C=O) groups excluding carboxylic acids is 1. The van der Waals surface area contributed by atoms with Crippen LogP contribution in [0.5, 0.6) is 0 Å². The summed E-state index contributed by atoms with van der Waals surface area (Å²) >= 11 is 0. The third-order valence-corrected chi connectivity index (χ3v) is 3.07. The van der Waals surface area contributed by atoms with Crippen molar-refractivity contribution in [1.82, 2.24) is 5.32 Å². The van der Waals surface area contributed by atoms with E-state index in [0.29, 0.717) is 12.5 Å². The predicted octanol–water partition coefficient (Wildman–Crippen LogP) is 2.44. The highest BCUT2D eigenvalue weighted by molar-refractivity contribution is 5.82. The minimum atomic E-state index is -0.288. The molecule has 0 aromatic rings. The molecule has 0 bridgehead atoms. The first kappa shape index (κ1) is 18.0. The maximum Gasteiger partial charge on any atom is 0.332 e. The largest absolute Gasteiger partial charge is 0.463 e. The first-order valence-electron chi connectivity index (χ1n) is 7.09. The van der Waals surface area contributed by atoms with Crippen LogP contribution < -0.4 is 11.1 Å². The fourth-order valence-electron chi connectivity index (χ4n) is 2.26. The highest BCUT2D eigenvalue weighted by Gasteiger charge is 2.20. The zero-order valence-electron chi connectivity index (χ0n) is 13.1. The molecule has 0 radical (unpaired) electrons. The van der Waals surface area contributed by atoms with E-state index in [1.165, 1.54) is 6.08 Å². The Morgan fingerprint density at radius 1 is 1.47 bits per heavy atom. The van der Waals surface area contributed by atoms with E-state index in [4.69, 9.17) is 10.5 Å². The smallest absolute Gasteiger partial charge is 0.332 e. The molecule has 0 aromatic heterocycles. The van der Waals surface area contributed by atoms with Gasteiger partial charge in [0.05, 0.1) is 6.61 Å². The second-order valence-electron chi connectivity index (χ2n) is 5.97. The summed E-state index contributed by atoms with van der Waals surface area (Å²) in [6.07, 6.45) is 3.65. The van der Waals surface area contributed by atoms with Crippen LogP contribution in [0.1, 0.15) is 47.5 Å². The van der Waals surface area contributed by atoms with Gasteiger partial charge in [0.15, 0.2) is 0 Å². The minimum Gasteiger partial charge on any atom is -0.463 e. The Kier molecular flexibility index (Phi) is 8.48. The summed E-state index contributed by atoms with van der Waals surface area (Å²) < 4.78 is 4.86. The molecule has 0 aliphatic carbocycles. The fraction of sp³-hybridized carbons (Fsp3) is 0.800. The Morgan fingerprint density at radius 3 is 2.63 bits per heavy atom. The number of nitrogens with two attached hydrogens (primary N) is 1. The van der Waals surface area contributed by atoms with Crippen molar-refractivity contribution < 1.29 is 9.53 Å². The van der Waals surface area contributed by atoms with Gasteiger partial charge in [-0.15, -0.1) is 0 Å². The molecule has 0 aliphatic heterocycles. The van der Waals surface area contributed by atoms with Gasteiger partial charge in [0.25, 0.3) is 0 Å². The first-order chi connectivity index (χ1) is 8.80. The monoisotopic (exact) mass is 270 g/mol. The van der Waals surface area contributed by atoms with Crippen molar-refractivity contribution in [2.45, 2.75) is 47.5 Å². The zero-order valence-corrected chi connectivity index (χ0v) is 13.1. The normalized spacial score (nSPS) is 14.1. The van der Waals surface area contributed by atoms with E-state index in [1.54, 1.807) is 6.92 Å². The lowest BCUT2D eigenvalue weighted by atomic mass is 9.80. The van der Waals surface area contributed by atoms with Gasteiger partial charge in [-0.05, 0) is 44.6 Å². The van der Waals surface area contributed by atoms with Crippen LogP contribution in [0.2, 0.25) is 0 Å². The number of ether oxygens (including phenoxy) is 1. The fourth-order valence-corrected chi connectivity index (χ4v) is 2.26. The number of hydrogen-bond acceptors (Lipinski definition) is 4. The van der Waals surface area contributed by atoms with Gasteiger partial charge in [-0.1, -0.05) is 20.8 Å². The van der Waals surface area contributed by atoms with Crippen molar-refractivity contribution in [2.24, 2.45) is 17.1 Å². The van der Waals surface area contributed by atoms with Crippen molar-refractivity contribution in [3.63, 3.8) is 0 Å². The molecule has 0 heterocycles. The highest BCUT2D eigenvalue weighted by atomic mass is 16.5. The van der Waals surface area contributed by atoms with Crippen molar-refractivity contribution in [3.8, 4) is 0 Å². The van der Waals surface area contributed by atoms with Gasteiger partial charge in [0.1, 0.15) is 0 Å². The predicted molar refractivity (Wildman–Crippen MR) is 79.6 cm³/mol. The summed E-state index contributed by atoms with van der Waals surface area (Å²) in [4.78, 5) is 11.3. The molecule has 0 aromatic carbocycles. The van der Waals surface area contributed by atoms with Crippen LogP contribution in [0.3, 0.4) is 0 Å². The Morgan fingerprint density at radius 2 is 2.11 bits per heavy atom. The van der Waals surface area contributed by atoms with Gasteiger partial charge < -0.3 is 15.8 Å². The maximum atomic E-state index is 11.3. The molecule has 0 fully saturated rings. The molecular formula is C15H30N2O2. The third kappa shape index (κ3) is 9.54. The molecule has 0 aliphatic rings. The van der Waals surface area contributed by atoms with Gasteiger partial charge in [0.2, 0.25) is 0 Å². The number of nitrogens with one attached hydrogen (secondary N) is 1. The number of rotatable bonds is 9. The summed E-state index contributed by atoms with van der Waals surface area (Å²) in [5.41, 5.74) is 6.74. The number of carbonyl (C=O) groups is 1. The van der Waals surface area contributed by atoms with Crippen LogP contribution in [0.4, 0.5) is 0 Å². The molecule has 0 saturated heterocycles. The van der Waals surface area contributed by atoms with E-state index in [0.717, 1.165) is 31.6 Å². The van der Waals surface area contributed by atoms with Crippen LogP contribution in [-0.4, -0.2) is 25.7 Å². The molecule has 112 valence electrons. The molecule has 4 nitrogen and oxygen atoms in total. The topological polar surface area (TPSA) is 64.3 Å². The van der Waals surface area contributed by atoms with Crippen LogP contribution in [0, 0.1) is 11.3 Å². The number of hydrogen-bond donors (Lipinski definition) is 2. The molecule has 0 amide bonds. The van der Waals surface area contributed by atoms with Gasteiger partial charge in [-0.3, -0.25) is 0 Å². The van der Waals surface area contributed by atoms with Crippen LogP contribution >= 0.6 is 0 Å². The van der Waals surface area contributed by atoms with Gasteiger partial charge in [-0.25, -0.2) is 4.79 Å². The molecular weight excluding hydrogens is 240 g/mol. The molecule has 4 heteroatoms. The number of esters is 1. The van der Waals surface area contributed by atoms with Crippen molar-refractivity contribution in [1.29, 1.82) is 0 Å². The second kappa shape index (κ2) is 8.97. The summed E-state index contributed by atoms with van der Waals surface area (Å²) in [5, 5.41) is 3.27. The first-order valence-corrected chi connectivity index (χ1v) is 7.09. The molecule has 1 atom stereocenters. The molecule has 1 unspecified atom stereocenters. The van der Waals surface area contributed by atoms with E-state index < -0.39 is 0 Å². The van der Waals surface area contributed by atoms with E-state index in [-0.39, 0.29) is 11.4 Å². The second-order valence-corrected chi connectivity index (χ2v) is 5.97. The molecule has 0 saturated carbocycles. The molecule has 0 spiro atoms. The molecule has 3 N–H and O–H groups in total. The molecule has 0 rings (SSSR count). The Labute approximate surface area is 117 Å². The summed E-state index contributed by atoms with van der Waals surface area (Å²) in [6.45, 7) is 12.4. The van der Waals surface area contributed by atoms with Crippen molar-refractivity contribution in [3.05, 3.63) is 11.8 Å². The maximum absolute atomic E-state index is 11.3. The highest BCUT2D eigenvalue weighted by Crippen LogP contribution is 2.28. The zero-order chi connectivity index (χ0) is 14.9. The van der Waals surface area contributed by atoms with E-state index in [1.807, 2.05) is 6.92 Å². The standard InChI is InChI=1S/C15H30N2O2/c1-6-19-14(18)9-13(3)17-11-12(2)10-15(4,5)7-8-16/h9,12,17H,6-8,10-11,16H2,1-5H3/b13-9+. The summed E-state index contributed by atoms with van der Waals surface area (Å²) in [5.74, 6) is 0.246. The van der Waals surface area contributed by atoms with Crippen molar-refractivity contribution >= 4 is 5.97 Å². The van der Waals surface area contributed by atoms with Crippen LogP contribution in [0.15, 0.2) is 11.8 Å². The van der Waals surface area contributed by atoms with E-state index in [9.17, 15) is 4.79 Å². The number of allylic oxidation sites excluding steroid dienone is 1. The summed E-state index contributed by atoms with van der Waals surface area (Å²) in [6, 6.07) is 0. The van der Waals surface area contributed by atoms with Crippen LogP contribution in [0.25, 0.3) is 0 Å². The Hall–Kier alpha value is -1.03. The average Bonchev–Trinajstić information content (AvgIpc) is 2.25. The average molecular weight is 270 g/mol. The van der Waals surface area contributed by atoms with E-state index in [2.05, 4.69) is 26.1 Å². The van der Waals surface area contributed by atoms with Crippen LogP contribution in [-0.2, 0) is 9.53 Å². The third-order valence-electron chi connectivity index (χ3n) is 3.07. The minimum absolute atomic E-state index is 0.272. The SMILES string of the molecule is CCOC(=O)/C=C(\C)NCC(C)CC(C)(C)CCN. The lowest BCUT2D eigenvalue weighted by Crippen LogP contribution is -2.26. The quantitative estimate of drug-likeness (QED) is 0.499.